The summed E-state index contributed by atoms with van der Waals surface area (Å²) in [6.07, 6.45) is 2.16. The lowest BCUT2D eigenvalue weighted by atomic mass is 10.0. The lowest BCUT2D eigenvalue weighted by Gasteiger charge is -2.37. The second-order valence-electron chi connectivity index (χ2n) is 6.15. The minimum Gasteiger partial charge on any atom is -0.355 e. The van der Waals surface area contributed by atoms with Gasteiger partial charge in [-0.2, -0.15) is 0 Å². The van der Waals surface area contributed by atoms with Crippen LogP contribution in [0.5, 0.6) is 0 Å². The van der Waals surface area contributed by atoms with Crippen molar-refractivity contribution >= 4 is 38.7 Å². The Morgan fingerprint density at radius 3 is 2.96 bits per heavy atom. The van der Waals surface area contributed by atoms with Gasteiger partial charge in [-0.25, -0.2) is 9.78 Å². The number of hydrogen-bond acceptors (Lipinski definition) is 3. The van der Waals surface area contributed by atoms with Crippen LogP contribution < -0.4 is 10.2 Å². The first-order valence-corrected chi connectivity index (χ1v) is 8.86. The molecule has 23 heavy (non-hydrogen) atoms. The molecule has 2 aliphatic rings. The van der Waals surface area contributed by atoms with E-state index in [1.54, 1.807) is 0 Å². The van der Waals surface area contributed by atoms with Gasteiger partial charge in [0, 0.05) is 36.0 Å². The predicted octanol–water partition coefficient (Wildman–Crippen LogP) is 2.99. The first-order valence-electron chi connectivity index (χ1n) is 8.07. The Bertz CT molecular complexity index is 750. The molecule has 1 aromatic carbocycles. The van der Waals surface area contributed by atoms with E-state index in [1.807, 2.05) is 17.0 Å². The van der Waals surface area contributed by atoms with E-state index in [2.05, 4.69) is 44.3 Å². The van der Waals surface area contributed by atoms with Crippen molar-refractivity contribution in [2.45, 2.75) is 18.9 Å². The van der Waals surface area contributed by atoms with E-state index in [0.717, 1.165) is 60.2 Å². The number of carbonyl (C=O) groups is 1. The van der Waals surface area contributed by atoms with Gasteiger partial charge in [0.05, 0.1) is 11.6 Å². The van der Waals surface area contributed by atoms with Gasteiger partial charge in [-0.1, -0.05) is 12.1 Å². The van der Waals surface area contributed by atoms with Crippen molar-refractivity contribution in [3.63, 3.8) is 0 Å². The Kier molecular flexibility index (Phi) is 3.85. The Labute approximate surface area is 143 Å². The van der Waals surface area contributed by atoms with Crippen LogP contribution in [-0.2, 0) is 0 Å². The smallest absolute Gasteiger partial charge is 0.317 e. The zero-order valence-electron chi connectivity index (χ0n) is 12.8. The number of rotatable bonds is 2. The fourth-order valence-corrected chi connectivity index (χ4v) is 4.00. The molecule has 0 spiro atoms. The molecule has 2 fully saturated rings. The number of pyridine rings is 1. The van der Waals surface area contributed by atoms with Crippen LogP contribution in [0.2, 0.25) is 0 Å². The Hall–Kier alpha value is -1.82. The number of piperidine rings is 1. The number of carbonyl (C=O) groups excluding carboxylic acids is 1. The van der Waals surface area contributed by atoms with Crippen LogP contribution in [0, 0.1) is 0 Å². The molecule has 3 heterocycles. The molecule has 2 amide bonds. The normalized spacial score (nSPS) is 21.8. The third-order valence-corrected chi connectivity index (χ3v) is 5.35. The molecule has 1 aromatic heterocycles. The molecular formula is C17H19BrN4O. The van der Waals surface area contributed by atoms with Crippen molar-refractivity contribution in [2.24, 2.45) is 0 Å². The van der Waals surface area contributed by atoms with E-state index < -0.39 is 0 Å². The SMILES string of the molecule is O=C1NCCN1C1CCCN(c2ccc3cccc(Br)c3n2)C1. The van der Waals surface area contributed by atoms with Gasteiger partial charge in [0.2, 0.25) is 0 Å². The van der Waals surface area contributed by atoms with E-state index in [9.17, 15) is 4.79 Å². The minimum absolute atomic E-state index is 0.0751. The van der Waals surface area contributed by atoms with Gasteiger partial charge in [0.25, 0.3) is 0 Å². The molecule has 120 valence electrons. The third kappa shape index (κ3) is 2.76. The maximum absolute atomic E-state index is 11.9. The summed E-state index contributed by atoms with van der Waals surface area (Å²) in [5.74, 6) is 0.994. The van der Waals surface area contributed by atoms with Crippen molar-refractivity contribution < 1.29 is 4.79 Å². The number of nitrogens with one attached hydrogen (secondary N) is 1. The molecule has 1 atom stereocenters. The van der Waals surface area contributed by atoms with E-state index in [4.69, 9.17) is 4.98 Å². The Balaban J connectivity index is 1.60. The summed E-state index contributed by atoms with van der Waals surface area (Å²) >= 11 is 3.59. The molecule has 1 unspecified atom stereocenters. The summed E-state index contributed by atoms with van der Waals surface area (Å²) in [4.78, 5) is 21.0. The van der Waals surface area contributed by atoms with Crippen molar-refractivity contribution in [3.8, 4) is 0 Å². The van der Waals surface area contributed by atoms with Gasteiger partial charge >= 0.3 is 6.03 Å². The van der Waals surface area contributed by atoms with Crippen LogP contribution in [0.4, 0.5) is 10.6 Å². The molecule has 0 radical (unpaired) electrons. The van der Waals surface area contributed by atoms with Gasteiger partial charge in [-0.05, 0) is 47.0 Å². The van der Waals surface area contributed by atoms with Gasteiger partial charge in [-0.3, -0.25) is 0 Å². The molecule has 2 saturated heterocycles. The highest BCUT2D eigenvalue weighted by molar-refractivity contribution is 9.10. The van der Waals surface area contributed by atoms with Crippen LogP contribution >= 0.6 is 15.9 Å². The van der Waals surface area contributed by atoms with E-state index in [-0.39, 0.29) is 12.1 Å². The van der Waals surface area contributed by atoms with Gasteiger partial charge < -0.3 is 15.1 Å². The third-order valence-electron chi connectivity index (χ3n) is 4.71. The van der Waals surface area contributed by atoms with Crippen molar-refractivity contribution in [2.75, 3.05) is 31.1 Å². The largest absolute Gasteiger partial charge is 0.355 e. The second kappa shape index (κ2) is 6.00. The number of urea groups is 1. The molecule has 2 aliphatic heterocycles. The summed E-state index contributed by atoms with van der Waals surface area (Å²) in [6.45, 7) is 3.43. The van der Waals surface area contributed by atoms with Crippen molar-refractivity contribution in [1.82, 2.24) is 15.2 Å². The Morgan fingerprint density at radius 1 is 1.22 bits per heavy atom. The summed E-state index contributed by atoms with van der Waals surface area (Å²) in [5, 5.41) is 4.03. The van der Waals surface area contributed by atoms with Crippen molar-refractivity contribution in [3.05, 3.63) is 34.8 Å². The molecule has 6 heteroatoms. The molecule has 0 aliphatic carbocycles. The number of amides is 2. The topological polar surface area (TPSA) is 48.5 Å². The van der Waals surface area contributed by atoms with Crippen LogP contribution in [0.15, 0.2) is 34.8 Å². The maximum Gasteiger partial charge on any atom is 0.317 e. The van der Waals surface area contributed by atoms with Crippen LogP contribution in [0.1, 0.15) is 12.8 Å². The van der Waals surface area contributed by atoms with E-state index >= 15 is 0 Å². The summed E-state index contributed by atoms with van der Waals surface area (Å²) < 4.78 is 1.02. The lowest BCUT2D eigenvalue weighted by molar-refractivity contribution is 0.189. The van der Waals surface area contributed by atoms with E-state index in [0.29, 0.717) is 0 Å². The maximum atomic E-state index is 11.9. The fourth-order valence-electron chi connectivity index (χ4n) is 3.53. The molecule has 0 saturated carbocycles. The fraction of sp³-hybridized carbons (Fsp3) is 0.412. The summed E-state index contributed by atoms with van der Waals surface area (Å²) in [5.41, 5.74) is 0.992. The zero-order valence-corrected chi connectivity index (χ0v) is 14.4. The number of para-hydroxylation sites is 1. The lowest BCUT2D eigenvalue weighted by Crippen LogP contribution is -2.49. The highest BCUT2D eigenvalue weighted by Gasteiger charge is 2.31. The van der Waals surface area contributed by atoms with Crippen LogP contribution in [0.3, 0.4) is 0 Å². The number of fused-ring (bicyclic) bond motifs is 1. The first kappa shape index (κ1) is 14.8. The number of anilines is 1. The number of benzene rings is 1. The summed E-state index contributed by atoms with van der Waals surface area (Å²) in [7, 11) is 0. The predicted molar refractivity (Wildman–Crippen MR) is 94.8 cm³/mol. The zero-order chi connectivity index (χ0) is 15.8. The molecule has 0 bridgehead atoms. The molecule has 1 N–H and O–H groups in total. The highest BCUT2D eigenvalue weighted by Crippen LogP contribution is 2.27. The van der Waals surface area contributed by atoms with Gasteiger partial charge in [0.1, 0.15) is 5.82 Å². The Morgan fingerprint density at radius 2 is 2.13 bits per heavy atom. The summed E-state index contributed by atoms with van der Waals surface area (Å²) in [6, 6.07) is 10.7. The van der Waals surface area contributed by atoms with E-state index in [1.165, 1.54) is 0 Å². The van der Waals surface area contributed by atoms with Gasteiger partial charge in [0.15, 0.2) is 0 Å². The molecule has 2 aromatic rings. The highest BCUT2D eigenvalue weighted by atomic mass is 79.9. The average Bonchev–Trinajstić information content (AvgIpc) is 3.01. The number of halogens is 1. The number of nitrogens with zero attached hydrogens (tertiary/aromatic N) is 3. The van der Waals surface area contributed by atoms with Gasteiger partial charge in [-0.15, -0.1) is 0 Å². The molecule has 5 nitrogen and oxygen atoms in total. The molecular weight excluding hydrogens is 356 g/mol. The minimum atomic E-state index is 0.0751. The quantitative estimate of drug-likeness (QED) is 0.878. The van der Waals surface area contributed by atoms with Crippen LogP contribution in [0.25, 0.3) is 10.9 Å². The first-order chi connectivity index (χ1) is 11.2. The van der Waals surface area contributed by atoms with Crippen LogP contribution in [-0.4, -0.2) is 48.1 Å². The number of hydrogen-bond donors (Lipinski definition) is 1. The standard InChI is InChI=1S/C17H19BrN4O/c18-14-5-1-3-12-6-7-15(20-16(12)14)21-9-2-4-13(11-21)22-10-8-19-17(22)23/h1,3,5-7,13H,2,4,8-11H2,(H,19,23). The average molecular weight is 375 g/mol. The second-order valence-corrected chi connectivity index (χ2v) is 7.00. The monoisotopic (exact) mass is 374 g/mol. The number of aromatic nitrogens is 1. The van der Waals surface area contributed by atoms with Crippen molar-refractivity contribution in [1.29, 1.82) is 0 Å². The molecule has 4 rings (SSSR count).